The monoisotopic (exact) mass is 383 g/mol. The molecule has 0 atom stereocenters. The van der Waals surface area contributed by atoms with Crippen molar-refractivity contribution >= 4 is 17.7 Å². The first-order valence-electron chi connectivity index (χ1n) is 9.21. The van der Waals surface area contributed by atoms with E-state index in [9.17, 15) is 14.4 Å². The average Bonchev–Trinajstić information content (AvgIpc) is 2.75. The molecule has 0 aliphatic heterocycles. The lowest BCUT2D eigenvalue weighted by Gasteiger charge is -2.10. The number of benzene rings is 2. The van der Waals surface area contributed by atoms with Gasteiger partial charge >= 0.3 is 5.97 Å². The molecule has 0 spiro atoms. The zero-order valence-electron chi connectivity index (χ0n) is 16.4. The van der Waals surface area contributed by atoms with E-state index >= 15 is 0 Å². The molecule has 0 aliphatic carbocycles. The van der Waals surface area contributed by atoms with Crippen molar-refractivity contribution in [3.63, 3.8) is 0 Å². The Balaban J connectivity index is 1.86. The first kappa shape index (κ1) is 21.2. The van der Waals surface area contributed by atoms with Crippen molar-refractivity contribution in [2.24, 2.45) is 0 Å². The van der Waals surface area contributed by atoms with E-state index in [1.807, 2.05) is 32.0 Å². The molecule has 148 valence electrons. The van der Waals surface area contributed by atoms with Crippen molar-refractivity contribution in [3.05, 3.63) is 64.7 Å². The summed E-state index contributed by atoms with van der Waals surface area (Å²) in [5, 5.41) is 2.47. The minimum Gasteiger partial charge on any atom is -0.497 e. The fraction of sp³-hybridized carbons (Fsp3) is 0.318. The van der Waals surface area contributed by atoms with Crippen molar-refractivity contribution in [3.8, 4) is 5.75 Å². The van der Waals surface area contributed by atoms with Gasteiger partial charge in [0.05, 0.1) is 7.11 Å². The number of hydrogen-bond acceptors (Lipinski definition) is 5. The lowest BCUT2D eigenvalue weighted by molar-refractivity contribution is -0.141. The molecule has 0 aromatic heterocycles. The number of carbonyl (C=O) groups is 3. The second-order valence-corrected chi connectivity index (χ2v) is 6.19. The van der Waals surface area contributed by atoms with Crippen LogP contribution in [0.1, 0.15) is 45.7 Å². The van der Waals surface area contributed by atoms with Crippen LogP contribution in [-0.4, -0.2) is 37.9 Å². The lowest BCUT2D eigenvalue weighted by atomic mass is 9.98. The number of nitrogens with one attached hydrogen (secondary N) is 1. The molecule has 2 aromatic rings. The van der Waals surface area contributed by atoms with Gasteiger partial charge in [0.25, 0.3) is 5.91 Å². The molecule has 6 nitrogen and oxygen atoms in total. The molecule has 2 rings (SSSR count). The molecule has 0 bridgehead atoms. The number of aryl methyl sites for hydroxylation is 2. The van der Waals surface area contributed by atoms with E-state index in [1.165, 1.54) is 7.11 Å². The Kier molecular flexibility index (Phi) is 7.75. The largest absolute Gasteiger partial charge is 0.497 e. The van der Waals surface area contributed by atoms with E-state index in [1.54, 1.807) is 24.3 Å². The maximum absolute atomic E-state index is 12.4. The van der Waals surface area contributed by atoms with E-state index in [4.69, 9.17) is 9.47 Å². The van der Waals surface area contributed by atoms with Crippen LogP contribution in [0.5, 0.6) is 5.75 Å². The van der Waals surface area contributed by atoms with Gasteiger partial charge in [-0.25, -0.2) is 0 Å². The van der Waals surface area contributed by atoms with Crippen LogP contribution in [0.25, 0.3) is 0 Å². The Bertz CT molecular complexity index is 843. The quantitative estimate of drug-likeness (QED) is 0.532. The predicted octanol–water partition coefficient (Wildman–Crippen LogP) is 2.98. The molecule has 0 aliphatic rings. The van der Waals surface area contributed by atoms with Crippen LogP contribution in [0.4, 0.5) is 0 Å². The summed E-state index contributed by atoms with van der Waals surface area (Å²) in [5.74, 6) is -0.690. The number of Topliss-reactive ketones (excluding diaryl/α,β-unsaturated/α-hetero) is 1. The standard InChI is InChI=1S/C22H25NO5/c1-4-15-6-7-16(5-2)19(12-15)20(24)14-28-21(25)13-23-22(26)17-8-10-18(27-3)11-9-17/h6-12H,4-5,13-14H2,1-3H3,(H,23,26). The third-order valence-corrected chi connectivity index (χ3v) is 4.37. The molecule has 0 saturated carbocycles. The number of carbonyl (C=O) groups excluding carboxylic acids is 3. The van der Waals surface area contributed by atoms with Crippen LogP contribution in [0, 0.1) is 0 Å². The number of ketones is 1. The van der Waals surface area contributed by atoms with Crippen LogP contribution >= 0.6 is 0 Å². The molecule has 0 unspecified atom stereocenters. The Morgan fingerprint density at radius 1 is 0.964 bits per heavy atom. The van der Waals surface area contributed by atoms with E-state index in [0.29, 0.717) is 16.9 Å². The van der Waals surface area contributed by atoms with Crippen LogP contribution < -0.4 is 10.1 Å². The normalized spacial score (nSPS) is 10.2. The molecule has 1 N–H and O–H groups in total. The second kappa shape index (κ2) is 10.3. The van der Waals surface area contributed by atoms with Crippen LogP contribution in [0.3, 0.4) is 0 Å². The number of hydrogen-bond donors (Lipinski definition) is 1. The van der Waals surface area contributed by atoms with Crippen molar-refractivity contribution in [2.45, 2.75) is 26.7 Å². The maximum atomic E-state index is 12.4. The van der Waals surface area contributed by atoms with E-state index in [-0.39, 0.29) is 18.9 Å². The van der Waals surface area contributed by atoms with Gasteiger partial charge in [0.1, 0.15) is 12.3 Å². The summed E-state index contributed by atoms with van der Waals surface area (Å²) in [6.07, 6.45) is 1.54. The SMILES string of the molecule is CCc1ccc(CC)c(C(=O)COC(=O)CNC(=O)c2ccc(OC)cc2)c1. The molecule has 0 heterocycles. The first-order chi connectivity index (χ1) is 13.5. The minimum absolute atomic E-state index is 0.248. The molecular formula is C22H25NO5. The number of esters is 1. The van der Waals surface area contributed by atoms with Crippen LogP contribution in [0.2, 0.25) is 0 Å². The van der Waals surface area contributed by atoms with Gasteiger partial charge in [0.2, 0.25) is 5.78 Å². The highest BCUT2D eigenvalue weighted by Crippen LogP contribution is 2.15. The fourth-order valence-corrected chi connectivity index (χ4v) is 2.68. The predicted molar refractivity (Wildman–Crippen MR) is 106 cm³/mol. The van der Waals surface area contributed by atoms with Crippen LogP contribution in [0.15, 0.2) is 42.5 Å². The Labute approximate surface area is 164 Å². The molecule has 28 heavy (non-hydrogen) atoms. The van der Waals surface area contributed by atoms with E-state index < -0.39 is 11.9 Å². The van der Waals surface area contributed by atoms with Crippen molar-refractivity contribution < 1.29 is 23.9 Å². The number of amides is 1. The summed E-state index contributed by atoms with van der Waals surface area (Å²) >= 11 is 0. The minimum atomic E-state index is -0.667. The summed E-state index contributed by atoms with van der Waals surface area (Å²) in [6, 6.07) is 12.3. The molecule has 0 saturated heterocycles. The Morgan fingerprint density at radius 2 is 1.68 bits per heavy atom. The van der Waals surface area contributed by atoms with Crippen LogP contribution in [-0.2, 0) is 22.4 Å². The fourth-order valence-electron chi connectivity index (χ4n) is 2.68. The number of methoxy groups -OCH3 is 1. The van der Waals surface area contributed by atoms with Crippen molar-refractivity contribution in [2.75, 3.05) is 20.3 Å². The highest BCUT2D eigenvalue weighted by molar-refractivity contribution is 6.00. The Morgan fingerprint density at radius 3 is 2.29 bits per heavy atom. The van der Waals surface area contributed by atoms with Gasteiger partial charge in [0, 0.05) is 11.1 Å². The van der Waals surface area contributed by atoms with Gasteiger partial charge in [0.15, 0.2) is 6.61 Å². The second-order valence-electron chi connectivity index (χ2n) is 6.19. The van der Waals surface area contributed by atoms with Gasteiger partial charge in [-0.05, 0) is 54.3 Å². The van der Waals surface area contributed by atoms with Gasteiger partial charge < -0.3 is 14.8 Å². The first-order valence-corrected chi connectivity index (χ1v) is 9.21. The molecule has 2 aromatic carbocycles. The third kappa shape index (κ3) is 5.67. The molecule has 6 heteroatoms. The summed E-state index contributed by atoms with van der Waals surface area (Å²) in [6.45, 7) is 3.32. The summed E-state index contributed by atoms with van der Waals surface area (Å²) in [5.41, 5.74) is 2.95. The van der Waals surface area contributed by atoms with E-state index in [2.05, 4.69) is 5.32 Å². The highest BCUT2D eigenvalue weighted by atomic mass is 16.5. The van der Waals surface area contributed by atoms with Gasteiger partial charge in [-0.1, -0.05) is 26.0 Å². The molecular weight excluding hydrogens is 358 g/mol. The summed E-state index contributed by atoms with van der Waals surface area (Å²) in [4.78, 5) is 36.4. The third-order valence-electron chi connectivity index (χ3n) is 4.37. The molecule has 1 amide bonds. The molecule has 0 fully saturated rings. The Hall–Kier alpha value is -3.15. The topological polar surface area (TPSA) is 81.7 Å². The van der Waals surface area contributed by atoms with Gasteiger partial charge in [-0.3, -0.25) is 14.4 Å². The summed E-state index contributed by atoms with van der Waals surface area (Å²) in [7, 11) is 1.54. The maximum Gasteiger partial charge on any atom is 0.325 e. The van der Waals surface area contributed by atoms with E-state index in [0.717, 1.165) is 24.0 Å². The lowest BCUT2D eigenvalue weighted by Crippen LogP contribution is -2.31. The number of ether oxygens (including phenoxy) is 2. The van der Waals surface area contributed by atoms with Crippen molar-refractivity contribution in [1.29, 1.82) is 0 Å². The van der Waals surface area contributed by atoms with Crippen molar-refractivity contribution in [1.82, 2.24) is 5.32 Å². The summed E-state index contributed by atoms with van der Waals surface area (Å²) < 4.78 is 10.1. The van der Waals surface area contributed by atoms with Gasteiger partial charge in [-0.15, -0.1) is 0 Å². The smallest absolute Gasteiger partial charge is 0.325 e. The molecule has 0 radical (unpaired) electrons. The zero-order valence-corrected chi connectivity index (χ0v) is 16.4. The number of rotatable bonds is 9. The zero-order chi connectivity index (χ0) is 20.5. The van der Waals surface area contributed by atoms with Gasteiger partial charge in [-0.2, -0.15) is 0 Å². The highest BCUT2D eigenvalue weighted by Gasteiger charge is 2.15. The average molecular weight is 383 g/mol.